The predicted molar refractivity (Wildman–Crippen MR) is 113 cm³/mol. The number of fused-ring (bicyclic) bond motifs is 1. The first-order valence-corrected chi connectivity index (χ1v) is 10.1. The molecule has 0 saturated carbocycles. The molecule has 1 aliphatic heterocycles. The van der Waals surface area contributed by atoms with E-state index < -0.39 is 11.6 Å². The summed E-state index contributed by atoms with van der Waals surface area (Å²) in [5.41, 5.74) is 3.61. The highest BCUT2D eigenvalue weighted by molar-refractivity contribution is 5.82. The number of benzene rings is 1. The summed E-state index contributed by atoms with van der Waals surface area (Å²) in [7, 11) is 0. The van der Waals surface area contributed by atoms with Crippen LogP contribution >= 0.6 is 0 Å². The van der Waals surface area contributed by atoms with Crippen LogP contribution in [0.5, 0.6) is 0 Å². The van der Waals surface area contributed by atoms with E-state index in [-0.39, 0.29) is 6.04 Å². The lowest BCUT2D eigenvalue weighted by Crippen LogP contribution is -2.52. The Morgan fingerprint density at radius 2 is 2.00 bits per heavy atom. The summed E-state index contributed by atoms with van der Waals surface area (Å²) in [6.45, 7) is 4.68. The Bertz CT molecular complexity index is 1210. The molecule has 0 aliphatic carbocycles. The van der Waals surface area contributed by atoms with Crippen molar-refractivity contribution < 1.29 is 8.78 Å². The molecule has 1 atom stereocenters. The average molecular weight is 421 g/mol. The van der Waals surface area contributed by atoms with Crippen LogP contribution in [0.1, 0.15) is 12.5 Å². The fraction of sp³-hybridized carbons (Fsp3) is 0.273. The molecule has 4 aromatic rings. The van der Waals surface area contributed by atoms with Gasteiger partial charge in [0.15, 0.2) is 5.82 Å². The quantitative estimate of drug-likeness (QED) is 0.545. The standard InChI is InChI=1S/C22H21F2N7/c1-14-12-31(7-6-30(14)13-15-2-3-17(23)8-18(15)24)22-21(16-9-26-27-10-16)28-20-11-25-5-4-19(20)29-22/h2-5,8-11,14H,6-7,12-13H2,1H3,(H,26,27). The number of H-pyrrole nitrogens is 1. The van der Waals surface area contributed by atoms with Crippen molar-refractivity contribution >= 4 is 16.9 Å². The zero-order valence-corrected chi connectivity index (χ0v) is 17.0. The predicted octanol–water partition coefficient (Wildman–Crippen LogP) is 3.40. The third-order valence-electron chi connectivity index (χ3n) is 5.67. The van der Waals surface area contributed by atoms with E-state index in [0.717, 1.165) is 40.7 Å². The Labute approximate surface area is 177 Å². The number of pyridine rings is 1. The number of rotatable bonds is 4. The third-order valence-corrected chi connectivity index (χ3v) is 5.67. The fourth-order valence-corrected chi connectivity index (χ4v) is 3.98. The Hall–Kier alpha value is -3.46. The van der Waals surface area contributed by atoms with Crippen molar-refractivity contribution in [1.29, 1.82) is 0 Å². The number of hydrogen-bond acceptors (Lipinski definition) is 6. The molecule has 3 aromatic heterocycles. The smallest absolute Gasteiger partial charge is 0.156 e. The van der Waals surface area contributed by atoms with E-state index in [1.54, 1.807) is 24.8 Å². The van der Waals surface area contributed by atoms with Crippen LogP contribution in [-0.4, -0.2) is 55.7 Å². The number of aromatic nitrogens is 5. The van der Waals surface area contributed by atoms with E-state index in [1.807, 2.05) is 6.07 Å². The Kier molecular flexibility index (Phi) is 5.03. The van der Waals surface area contributed by atoms with E-state index in [2.05, 4.69) is 31.9 Å². The highest BCUT2D eigenvalue weighted by Gasteiger charge is 2.28. The van der Waals surface area contributed by atoms with E-state index in [4.69, 9.17) is 9.97 Å². The van der Waals surface area contributed by atoms with Crippen LogP contribution in [0.15, 0.2) is 49.1 Å². The van der Waals surface area contributed by atoms with E-state index in [9.17, 15) is 8.78 Å². The van der Waals surface area contributed by atoms with Crippen molar-refractivity contribution in [2.75, 3.05) is 24.5 Å². The van der Waals surface area contributed by atoms with Crippen LogP contribution in [0.4, 0.5) is 14.6 Å². The number of halogens is 2. The van der Waals surface area contributed by atoms with Crippen LogP contribution in [0.2, 0.25) is 0 Å². The van der Waals surface area contributed by atoms with Crippen LogP contribution in [0.25, 0.3) is 22.3 Å². The lowest BCUT2D eigenvalue weighted by molar-refractivity contribution is 0.178. The summed E-state index contributed by atoms with van der Waals surface area (Å²) in [5.74, 6) is -0.276. The molecule has 158 valence electrons. The molecular weight excluding hydrogens is 400 g/mol. The normalized spacial score (nSPS) is 17.4. The van der Waals surface area contributed by atoms with Gasteiger partial charge in [-0.2, -0.15) is 5.10 Å². The second-order valence-electron chi connectivity index (χ2n) is 7.75. The summed E-state index contributed by atoms with van der Waals surface area (Å²) < 4.78 is 27.3. The van der Waals surface area contributed by atoms with Gasteiger partial charge in [-0.15, -0.1) is 0 Å². The van der Waals surface area contributed by atoms with Crippen molar-refractivity contribution in [2.45, 2.75) is 19.5 Å². The van der Waals surface area contributed by atoms with Gasteiger partial charge in [0.25, 0.3) is 0 Å². The first kappa shape index (κ1) is 19.5. The number of anilines is 1. The molecular formula is C22H21F2N7. The first-order chi connectivity index (χ1) is 15.1. The Morgan fingerprint density at radius 3 is 2.77 bits per heavy atom. The van der Waals surface area contributed by atoms with Crippen LogP contribution in [-0.2, 0) is 6.54 Å². The lowest BCUT2D eigenvalue weighted by atomic mass is 10.1. The van der Waals surface area contributed by atoms with Gasteiger partial charge < -0.3 is 4.90 Å². The van der Waals surface area contributed by atoms with Gasteiger partial charge in [0, 0.05) is 61.8 Å². The molecule has 1 N–H and O–H groups in total. The maximum absolute atomic E-state index is 14.1. The summed E-state index contributed by atoms with van der Waals surface area (Å²) in [5, 5.41) is 6.89. The first-order valence-electron chi connectivity index (χ1n) is 10.1. The number of nitrogens with zero attached hydrogens (tertiary/aromatic N) is 6. The van der Waals surface area contributed by atoms with Gasteiger partial charge in [0.1, 0.15) is 22.8 Å². The van der Waals surface area contributed by atoms with Crippen LogP contribution < -0.4 is 4.90 Å². The summed E-state index contributed by atoms with van der Waals surface area (Å²) in [6.07, 6.45) is 6.93. The summed E-state index contributed by atoms with van der Waals surface area (Å²) >= 11 is 0. The number of piperazine rings is 1. The summed E-state index contributed by atoms with van der Waals surface area (Å²) in [6, 6.07) is 5.75. The molecule has 1 saturated heterocycles. The van der Waals surface area contributed by atoms with Gasteiger partial charge >= 0.3 is 0 Å². The van der Waals surface area contributed by atoms with Crippen molar-refractivity contribution in [3.63, 3.8) is 0 Å². The van der Waals surface area contributed by atoms with E-state index in [1.165, 1.54) is 12.1 Å². The molecule has 0 spiro atoms. The molecule has 0 radical (unpaired) electrons. The van der Waals surface area contributed by atoms with Gasteiger partial charge in [-0.3, -0.25) is 15.0 Å². The van der Waals surface area contributed by atoms with Gasteiger partial charge in [-0.25, -0.2) is 18.7 Å². The van der Waals surface area contributed by atoms with Crippen LogP contribution in [0.3, 0.4) is 0 Å². The average Bonchev–Trinajstić information content (AvgIpc) is 3.31. The second kappa shape index (κ2) is 7.99. The van der Waals surface area contributed by atoms with Gasteiger partial charge in [-0.05, 0) is 19.1 Å². The highest BCUT2D eigenvalue weighted by Crippen LogP contribution is 2.30. The second-order valence-corrected chi connectivity index (χ2v) is 7.75. The fourth-order valence-electron chi connectivity index (χ4n) is 3.98. The number of aromatic amines is 1. The van der Waals surface area contributed by atoms with Gasteiger partial charge in [0.05, 0.1) is 17.9 Å². The largest absolute Gasteiger partial charge is 0.352 e. The minimum Gasteiger partial charge on any atom is -0.352 e. The SMILES string of the molecule is CC1CN(c2nc3ccncc3nc2-c2cn[nH]c2)CCN1Cc1ccc(F)cc1F. The van der Waals surface area contributed by atoms with Crippen LogP contribution in [0, 0.1) is 11.6 Å². The molecule has 7 nitrogen and oxygen atoms in total. The lowest BCUT2D eigenvalue weighted by Gasteiger charge is -2.40. The minimum absolute atomic E-state index is 0.144. The Morgan fingerprint density at radius 1 is 1.10 bits per heavy atom. The summed E-state index contributed by atoms with van der Waals surface area (Å²) in [4.78, 5) is 18.2. The zero-order valence-electron chi connectivity index (χ0n) is 17.0. The third kappa shape index (κ3) is 3.84. The molecule has 1 fully saturated rings. The maximum atomic E-state index is 14.1. The van der Waals surface area contributed by atoms with Gasteiger partial charge in [-0.1, -0.05) is 6.07 Å². The van der Waals surface area contributed by atoms with E-state index in [0.29, 0.717) is 25.2 Å². The molecule has 4 heterocycles. The zero-order chi connectivity index (χ0) is 21.4. The molecule has 1 aromatic carbocycles. The molecule has 0 bridgehead atoms. The topological polar surface area (TPSA) is 73.8 Å². The minimum atomic E-state index is -0.559. The van der Waals surface area contributed by atoms with Crippen molar-refractivity contribution in [1.82, 2.24) is 30.0 Å². The molecule has 5 rings (SSSR count). The molecule has 1 aliphatic rings. The Balaban J connectivity index is 1.42. The molecule has 31 heavy (non-hydrogen) atoms. The molecule has 9 heteroatoms. The monoisotopic (exact) mass is 421 g/mol. The molecule has 1 unspecified atom stereocenters. The van der Waals surface area contributed by atoms with Crippen molar-refractivity contribution in [3.8, 4) is 11.3 Å². The maximum Gasteiger partial charge on any atom is 0.156 e. The highest BCUT2D eigenvalue weighted by atomic mass is 19.1. The molecule has 0 amide bonds. The van der Waals surface area contributed by atoms with Crippen molar-refractivity contribution in [3.05, 3.63) is 66.3 Å². The number of hydrogen-bond donors (Lipinski definition) is 1. The van der Waals surface area contributed by atoms with E-state index >= 15 is 0 Å². The van der Waals surface area contributed by atoms with Crippen molar-refractivity contribution in [2.24, 2.45) is 0 Å². The number of nitrogens with one attached hydrogen (secondary N) is 1. The van der Waals surface area contributed by atoms with Gasteiger partial charge in [0.2, 0.25) is 0 Å².